The molecule has 0 heterocycles. The van der Waals surface area contributed by atoms with Crippen molar-refractivity contribution in [1.29, 1.82) is 0 Å². The summed E-state index contributed by atoms with van der Waals surface area (Å²) in [5.41, 5.74) is 5.40. The Bertz CT molecular complexity index is 776. The number of nitrogens with one attached hydrogen (secondary N) is 1. The molecule has 0 aromatic heterocycles. The first-order valence-corrected chi connectivity index (χ1v) is 9.10. The molecule has 0 saturated carbocycles. The minimum absolute atomic E-state index is 0.0436. The van der Waals surface area contributed by atoms with Crippen molar-refractivity contribution < 1.29 is 23.7 Å². The first-order valence-electron chi connectivity index (χ1n) is 9.10. The van der Waals surface area contributed by atoms with Gasteiger partial charge in [-0.3, -0.25) is 5.32 Å². The van der Waals surface area contributed by atoms with E-state index in [2.05, 4.69) is 10.7 Å². The van der Waals surface area contributed by atoms with Gasteiger partial charge in [0.1, 0.15) is 18.2 Å². The summed E-state index contributed by atoms with van der Waals surface area (Å²) in [5, 5.41) is 2.69. The van der Waals surface area contributed by atoms with Gasteiger partial charge in [0, 0.05) is 11.3 Å². The molecule has 7 heteroatoms. The largest absolute Gasteiger partial charge is 0.497 e. The van der Waals surface area contributed by atoms with Crippen molar-refractivity contribution in [2.24, 2.45) is 0 Å². The average Bonchev–Trinajstić information content (AvgIpc) is 2.67. The molecule has 28 heavy (non-hydrogen) atoms. The number of hydrogen-bond acceptors (Lipinski definition) is 4. The van der Waals surface area contributed by atoms with E-state index in [0.29, 0.717) is 30.0 Å². The maximum absolute atomic E-state index is 12.4. The van der Waals surface area contributed by atoms with Gasteiger partial charge >= 0.3 is 6.09 Å². The molecule has 0 aliphatic heterocycles. The summed E-state index contributed by atoms with van der Waals surface area (Å²) in [5.74, 6) is 0.338. The van der Waals surface area contributed by atoms with Crippen molar-refractivity contribution >= 4 is 17.7 Å². The molecular formula is C21H27N3O4. The number of carbonyl (C=O) groups is 2. The Kier molecular flexibility index (Phi) is 7.40. The summed E-state index contributed by atoms with van der Waals surface area (Å²) in [6, 6.07) is 15.9. The maximum atomic E-state index is 12.4. The standard InChI is InChI=1S/C21H27N3O4/c1-5-18(28-21(26)22-17-9-7-6-8-10-17)15-24(2,3)23-20(25)16-11-13-19(27-4)14-12-16/h6-14,18H,5,15H2,1-4H3,(H,22,26). The summed E-state index contributed by atoms with van der Waals surface area (Å²) in [6.07, 6.45) is -0.304. The molecule has 0 aliphatic carbocycles. The molecule has 1 atom stereocenters. The normalized spacial score (nSPS) is 12.0. The minimum atomic E-state index is -0.528. The lowest BCUT2D eigenvalue weighted by Gasteiger charge is -2.43. The zero-order valence-corrected chi connectivity index (χ0v) is 16.7. The molecule has 0 fully saturated rings. The zero-order chi connectivity index (χ0) is 20.6. The Morgan fingerprint density at radius 1 is 1.07 bits per heavy atom. The molecule has 0 aliphatic rings. The van der Waals surface area contributed by atoms with E-state index in [9.17, 15) is 9.59 Å². The molecule has 2 aromatic rings. The maximum Gasteiger partial charge on any atom is 0.412 e. The number of hydrogen-bond donors (Lipinski definition) is 1. The van der Waals surface area contributed by atoms with E-state index in [1.807, 2.05) is 25.1 Å². The predicted molar refractivity (Wildman–Crippen MR) is 108 cm³/mol. The van der Waals surface area contributed by atoms with Crippen LogP contribution in [0.15, 0.2) is 54.6 Å². The van der Waals surface area contributed by atoms with E-state index in [0.717, 1.165) is 0 Å². The fraction of sp³-hybridized carbons (Fsp3) is 0.333. The van der Waals surface area contributed by atoms with Crippen LogP contribution in [0.4, 0.5) is 10.5 Å². The van der Waals surface area contributed by atoms with E-state index in [1.165, 1.54) is 0 Å². The van der Waals surface area contributed by atoms with Gasteiger partial charge in [0.05, 0.1) is 21.2 Å². The highest BCUT2D eigenvalue weighted by atomic mass is 16.6. The van der Waals surface area contributed by atoms with Crippen molar-refractivity contribution in [3.63, 3.8) is 0 Å². The topological polar surface area (TPSA) is 78.7 Å². The molecular weight excluding hydrogens is 358 g/mol. The van der Waals surface area contributed by atoms with Crippen LogP contribution in [0.2, 0.25) is 0 Å². The van der Waals surface area contributed by atoms with Crippen LogP contribution in [0.3, 0.4) is 0 Å². The molecule has 1 N–H and O–H groups in total. The molecule has 2 amide bonds. The zero-order valence-electron chi connectivity index (χ0n) is 16.7. The summed E-state index contributed by atoms with van der Waals surface area (Å²) in [7, 11) is 5.16. The second-order valence-electron chi connectivity index (χ2n) is 6.86. The van der Waals surface area contributed by atoms with Gasteiger partial charge in [-0.25, -0.2) is 4.79 Å². The Morgan fingerprint density at radius 2 is 1.71 bits per heavy atom. The number of carbonyl (C=O) groups excluding carboxylic acids is 2. The third kappa shape index (κ3) is 6.59. The fourth-order valence-corrected chi connectivity index (χ4v) is 2.65. The Balaban J connectivity index is 1.91. The SMILES string of the molecule is CCC(C[N+](C)(C)[N-]C(=O)c1ccc(OC)cc1)OC(=O)Nc1ccccc1. The van der Waals surface area contributed by atoms with Gasteiger partial charge in [0.15, 0.2) is 6.10 Å². The lowest BCUT2D eigenvalue weighted by atomic mass is 10.2. The van der Waals surface area contributed by atoms with Gasteiger partial charge in [-0.2, -0.15) is 0 Å². The van der Waals surface area contributed by atoms with Gasteiger partial charge in [0.2, 0.25) is 0 Å². The Morgan fingerprint density at radius 3 is 2.29 bits per heavy atom. The summed E-state index contributed by atoms with van der Waals surface area (Å²) in [6.45, 7) is 2.30. The van der Waals surface area contributed by atoms with Gasteiger partial charge in [0.25, 0.3) is 0 Å². The molecule has 0 bridgehead atoms. The quantitative estimate of drug-likeness (QED) is 0.545. The highest BCUT2D eigenvalue weighted by molar-refractivity contribution is 6.02. The number of nitrogens with zero attached hydrogens (tertiary/aromatic N) is 2. The summed E-state index contributed by atoms with van der Waals surface area (Å²) >= 11 is 0. The van der Waals surface area contributed by atoms with Gasteiger partial charge in [-0.15, -0.1) is 0 Å². The van der Waals surface area contributed by atoms with Crippen LogP contribution in [0.1, 0.15) is 23.7 Å². The number of likely N-dealkylation sites (N-methyl/N-ethyl adjacent to an activating group) is 1. The van der Waals surface area contributed by atoms with Crippen LogP contribution in [0.5, 0.6) is 5.75 Å². The Hall–Kier alpha value is -3.06. The van der Waals surface area contributed by atoms with Crippen molar-refractivity contribution in [2.45, 2.75) is 19.4 Å². The van der Waals surface area contributed by atoms with E-state index < -0.39 is 6.09 Å². The van der Waals surface area contributed by atoms with E-state index in [-0.39, 0.29) is 16.6 Å². The first-order chi connectivity index (χ1) is 13.3. The highest BCUT2D eigenvalue weighted by Gasteiger charge is 2.21. The fourth-order valence-electron chi connectivity index (χ4n) is 2.65. The van der Waals surface area contributed by atoms with Crippen molar-refractivity contribution in [1.82, 2.24) is 0 Å². The minimum Gasteiger partial charge on any atom is -0.497 e. The molecule has 0 spiro atoms. The lowest BCUT2D eigenvalue weighted by molar-refractivity contribution is -0.852. The Labute approximate surface area is 165 Å². The smallest absolute Gasteiger partial charge is 0.412 e. The van der Waals surface area contributed by atoms with Crippen LogP contribution in [-0.2, 0) is 4.74 Å². The van der Waals surface area contributed by atoms with Gasteiger partial charge < -0.3 is 24.3 Å². The number of methoxy groups -OCH3 is 1. The molecule has 2 aromatic carbocycles. The second-order valence-corrected chi connectivity index (χ2v) is 6.86. The highest BCUT2D eigenvalue weighted by Crippen LogP contribution is 2.19. The first kappa shape index (κ1) is 21.2. The predicted octanol–water partition coefficient (Wildman–Crippen LogP) is 4.23. The third-order valence-electron chi connectivity index (χ3n) is 4.10. The number of amides is 2. The molecule has 150 valence electrons. The van der Waals surface area contributed by atoms with Crippen molar-refractivity contribution in [2.75, 3.05) is 33.1 Å². The van der Waals surface area contributed by atoms with E-state index >= 15 is 0 Å². The van der Waals surface area contributed by atoms with Gasteiger partial charge in [-0.05, 0) is 42.8 Å². The molecule has 7 nitrogen and oxygen atoms in total. The van der Waals surface area contributed by atoms with Crippen LogP contribution in [0.25, 0.3) is 5.43 Å². The number of quaternary nitrogens is 1. The second kappa shape index (κ2) is 9.75. The number of ether oxygens (including phenoxy) is 2. The number of para-hydroxylation sites is 1. The summed E-state index contributed by atoms with van der Waals surface area (Å²) in [4.78, 5) is 24.6. The molecule has 0 saturated heterocycles. The van der Waals surface area contributed by atoms with Crippen LogP contribution in [0, 0.1) is 0 Å². The van der Waals surface area contributed by atoms with Gasteiger partial charge in [-0.1, -0.05) is 25.1 Å². The lowest BCUT2D eigenvalue weighted by Crippen LogP contribution is -2.44. The average molecular weight is 385 g/mol. The number of rotatable bonds is 8. The third-order valence-corrected chi connectivity index (χ3v) is 4.10. The van der Waals surface area contributed by atoms with Crippen molar-refractivity contribution in [3.8, 4) is 5.75 Å². The molecule has 2 rings (SSSR count). The van der Waals surface area contributed by atoms with E-state index in [4.69, 9.17) is 9.47 Å². The van der Waals surface area contributed by atoms with Crippen LogP contribution in [-0.4, -0.2) is 50.4 Å². The monoisotopic (exact) mass is 385 g/mol. The number of benzene rings is 2. The summed E-state index contributed by atoms with van der Waals surface area (Å²) < 4.78 is 10.6. The van der Waals surface area contributed by atoms with Crippen LogP contribution < -0.4 is 10.1 Å². The molecule has 0 radical (unpaired) electrons. The van der Waals surface area contributed by atoms with Crippen molar-refractivity contribution in [3.05, 3.63) is 65.6 Å². The van der Waals surface area contributed by atoms with Crippen LogP contribution >= 0.6 is 0 Å². The number of anilines is 1. The van der Waals surface area contributed by atoms with E-state index in [1.54, 1.807) is 57.6 Å². The molecule has 1 unspecified atom stereocenters.